The maximum absolute atomic E-state index is 6.75. The van der Waals surface area contributed by atoms with Gasteiger partial charge >= 0.3 is 0 Å². The minimum absolute atomic E-state index is 0.347. The van der Waals surface area contributed by atoms with Crippen molar-refractivity contribution in [3.05, 3.63) is 29.8 Å². The molecule has 1 aromatic carbocycles. The van der Waals surface area contributed by atoms with Crippen LogP contribution in [-0.2, 0) is 5.54 Å². The van der Waals surface area contributed by atoms with E-state index in [2.05, 4.69) is 30.9 Å². The number of likely N-dealkylation sites (tertiary alicyclic amines) is 1. The summed E-state index contributed by atoms with van der Waals surface area (Å²) in [6.45, 7) is 6.75. The third-order valence-corrected chi connectivity index (χ3v) is 4.60. The molecule has 2 unspecified atom stereocenters. The first kappa shape index (κ1) is 15.3. The molecule has 112 valence electrons. The third kappa shape index (κ3) is 3.15. The summed E-state index contributed by atoms with van der Waals surface area (Å²) in [5, 5.41) is 0. The van der Waals surface area contributed by atoms with E-state index in [4.69, 9.17) is 10.5 Å². The maximum atomic E-state index is 6.75. The average Bonchev–Trinajstić information content (AvgIpc) is 2.49. The third-order valence-electron chi connectivity index (χ3n) is 4.60. The molecule has 0 saturated carbocycles. The van der Waals surface area contributed by atoms with Crippen molar-refractivity contribution in [3.63, 3.8) is 0 Å². The molecule has 20 heavy (non-hydrogen) atoms. The lowest BCUT2D eigenvalue weighted by Crippen LogP contribution is -2.55. The van der Waals surface area contributed by atoms with E-state index in [0.29, 0.717) is 6.04 Å². The first-order valence-electron chi connectivity index (χ1n) is 7.77. The first-order valence-corrected chi connectivity index (χ1v) is 7.77. The number of piperidine rings is 1. The number of rotatable bonds is 5. The zero-order chi connectivity index (χ0) is 14.6. The van der Waals surface area contributed by atoms with Crippen molar-refractivity contribution in [3.8, 4) is 5.75 Å². The van der Waals surface area contributed by atoms with E-state index >= 15 is 0 Å². The van der Waals surface area contributed by atoms with Crippen molar-refractivity contribution in [1.82, 2.24) is 4.90 Å². The predicted molar refractivity (Wildman–Crippen MR) is 84.0 cm³/mol. The van der Waals surface area contributed by atoms with Gasteiger partial charge in [-0.15, -0.1) is 0 Å². The molecule has 0 amide bonds. The van der Waals surface area contributed by atoms with Crippen LogP contribution in [0.4, 0.5) is 0 Å². The van der Waals surface area contributed by atoms with Gasteiger partial charge in [-0.1, -0.05) is 25.5 Å². The lowest BCUT2D eigenvalue weighted by molar-refractivity contribution is 0.100. The summed E-state index contributed by atoms with van der Waals surface area (Å²) in [7, 11) is 1.70. The summed E-state index contributed by atoms with van der Waals surface area (Å²) in [6.07, 6.45) is 5.02. The van der Waals surface area contributed by atoms with E-state index < -0.39 is 0 Å². The smallest absolute Gasteiger partial charge is 0.119 e. The molecule has 1 saturated heterocycles. The van der Waals surface area contributed by atoms with Crippen LogP contribution >= 0.6 is 0 Å². The molecular formula is C17H28N2O. The van der Waals surface area contributed by atoms with Gasteiger partial charge in [0, 0.05) is 6.04 Å². The van der Waals surface area contributed by atoms with Crippen LogP contribution in [0.5, 0.6) is 5.75 Å². The van der Waals surface area contributed by atoms with Crippen molar-refractivity contribution in [1.29, 1.82) is 0 Å². The molecule has 0 bridgehead atoms. The fourth-order valence-corrected chi connectivity index (χ4v) is 3.44. The van der Waals surface area contributed by atoms with Crippen LogP contribution in [0.3, 0.4) is 0 Å². The fourth-order valence-electron chi connectivity index (χ4n) is 3.44. The van der Waals surface area contributed by atoms with Crippen molar-refractivity contribution >= 4 is 0 Å². The molecule has 1 aliphatic heterocycles. The van der Waals surface area contributed by atoms with E-state index in [0.717, 1.165) is 17.7 Å². The van der Waals surface area contributed by atoms with E-state index in [9.17, 15) is 0 Å². The normalized spacial score (nSPS) is 21.2. The van der Waals surface area contributed by atoms with Gasteiger partial charge in [-0.05, 0) is 57.0 Å². The van der Waals surface area contributed by atoms with Gasteiger partial charge in [-0.2, -0.15) is 0 Å². The Morgan fingerprint density at radius 2 is 2.00 bits per heavy atom. The van der Waals surface area contributed by atoms with Crippen LogP contribution in [0.2, 0.25) is 0 Å². The molecule has 1 fully saturated rings. The Morgan fingerprint density at radius 1 is 1.30 bits per heavy atom. The molecule has 1 aliphatic rings. The molecular weight excluding hydrogens is 248 g/mol. The summed E-state index contributed by atoms with van der Waals surface area (Å²) in [4.78, 5) is 2.57. The number of nitrogens with two attached hydrogens (primary N) is 1. The highest BCUT2D eigenvalue weighted by atomic mass is 16.5. The van der Waals surface area contributed by atoms with Gasteiger partial charge in [0.1, 0.15) is 5.75 Å². The lowest BCUT2D eigenvalue weighted by atomic mass is 9.82. The van der Waals surface area contributed by atoms with Crippen molar-refractivity contribution in [2.24, 2.45) is 5.73 Å². The minimum Gasteiger partial charge on any atom is -0.497 e. The zero-order valence-electron chi connectivity index (χ0n) is 13.1. The Kier molecular flexibility index (Phi) is 5.06. The molecule has 1 aromatic rings. The number of hydrogen-bond donors (Lipinski definition) is 1. The SMILES string of the molecule is CCC(N1CCCCC1)C(C)(N)c1cccc(OC)c1. The molecule has 2 N–H and O–H groups in total. The van der Waals surface area contributed by atoms with Gasteiger partial charge < -0.3 is 10.5 Å². The van der Waals surface area contributed by atoms with Gasteiger partial charge in [-0.25, -0.2) is 0 Å². The molecule has 0 aromatic heterocycles. The molecule has 3 heteroatoms. The quantitative estimate of drug-likeness (QED) is 0.898. The van der Waals surface area contributed by atoms with Gasteiger partial charge in [-0.3, -0.25) is 4.90 Å². The van der Waals surface area contributed by atoms with E-state index in [1.165, 1.54) is 32.4 Å². The Labute approximate surface area is 123 Å². The molecule has 2 atom stereocenters. The Balaban J connectivity index is 2.24. The summed E-state index contributed by atoms with van der Waals surface area (Å²) < 4.78 is 5.34. The van der Waals surface area contributed by atoms with Crippen LogP contribution in [0, 0.1) is 0 Å². The highest BCUT2D eigenvalue weighted by molar-refractivity contribution is 5.34. The maximum Gasteiger partial charge on any atom is 0.119 e. The summed E-state index contributed by atoms with van der Waals surface area (Å²) in [5.41, 5.74) is 7.56. The highest BCUT2D eigenvalue weighted by Gasteiger charge is 2.35. The standard InChI is InChI=1S/C17H28N2O/c1-4-16(19-11-6-5-7-12-19)17(2,18)14-9-8-10-15(13-14)20-3/h8-10,13,16H,4-7,11-12,18H2,1-3H3. The number of hydrogen-bond acceptors (Lipinski definition) is 3. The topological polar surface area (TPSA) is 38.5 Å². The van der Waals surface area contributed by atoms with E-state index in [-0.39, 0.29) is 5.54 Å². The van der Waals surface area contributed by atoms with Crippen molar-refractivity contribution < 1.29 is 4.74 Å². The second-order valence-corrected chi connectivity index (χ2v) is 6.04. The lowest BCUT2D eigenvalue weighted by Gasteiger charge is -2.43. The Bertz CT molecular complexity index is 425. The second kappa shape index (κ2) is 6.59. The average molecular weight is 276 g/mol. The van der Waals surface area contributed by atoms with Gasteiger partial charge in [0.2, 0.25) is 0 Å². The summed E-state index contributed by atoms with van der Waals surface area (Å²) >= 11 is 0. The van der Waals surface area contributed by atoms with Crippen LogP contribution < -0.4 is 10.5 Å². The minimum atomic E-state index is -0.347. The van der Waals surface area contributed by atoms with Gasteiger partial charge in [0.05, 0.1) is 12.6 Å². The predicted octanol–water partition coefficient (Wildman–Crippen LogP) is 3.13. The van der Waals surface area contributed by atoms with Crippen molar-refractivity contribution in [2.75, 3.05) is 20.2 Å². The first-order chi connectivity index (χ1) is 9.59. The molecule has 1 heterocycles. The largest absolute Gasteiger partial charge is 0.497 e. The summed E-state index contributed by atoms with van der Waals surface area (Å²) in [5.74, 6) is 0.882. The molecule has 2 rings (SSSR count). The van der Waals surface area contributed by atoms with Gasteiger partial charge in [0.15, 0.2) is 0 Å². The monoisotopic (exact) mass is 276 g/mol. The van der Waals surface area contributed by atoms with E-state index in [1.807, 2.05) is 12.1 Å². The number of nitrogens with zero attached hydrogens (tertiary/aromatic N) is 1. The van der Waals surface area contributed by atoms with Crippen LogP contribution in [0.15, 0.2) is 24.3 Å². The second-order valence-electron chi connectivity index (χ2n) is 6.04. The van der Waals surface area contributed by atoms with Crippen LogP contribution in [-0.4, -0.2) is 31.1 Å². The number of methoxy groups -OCH3 is 1. The molecule has 3 nitrogen and oxygen atoms in total. The fraction of sp³-hybridized carbons (Fsp3) is 0.647. The molecule has 0 spiro atoms. The summed E-state index contributed by atoms with van der Waals surface area (Å²) in [6, 6.07) is 8.58. The number of ether oxygens (including phenoxy) is 1. The van der Waals surface area contributed by atoms with Crippen LogP contribution in [0.25, 0.3) is 0 Å². The molecule has 0 aliphatic carbocycles. The van der Waals surface area contributed by atoms with Crippen molar-refractivity contribution in [2.45, 2.75) is 51.1 Å². The zero-order valence-corrected chi connectivity index (χ0v) is 13.1. The Hall–Kier alpha value is -1.06. The number of benzene rings is 1. The molecule has 0 radical (unpaired) electrons. The Morgan fingerprint density at radius 3 is 2.60 bits per heavy atom. The van der Waals surface area contributed by atoms with Crippen LogP contribution in [0.1, 0.15) is 45.1 Å². The highest BCUT2D eigenvalue weighted by Crippen LogP contribution is 2.31. The van der Waals surface area contributed by atoms with Gasteiger partial charge in [0.25, 0.3) is 0 Å². The van der Waals surface area contributed by atoms with E-state index in [1.54, 1.807) is 7.11 Å².